The summed E-state index contributed by atoms with van der Waals surface area (Å²) in [5.74, 6) is 2.33. The Bertz CT molecular complexity index is 362. The van der Waals surface area contributed by atoms with Gasteiger partial charge in [-0.1, -0.05) is 5.92 Å². The Labute approximate surface area is 105 Å². The minimum Gasteiger partial charge on any atom is -0.0516 e. The Balaban J connectivity index is 3.52. The van der Waals surface area contributed by atoms with Gasteiger partial charge in [-0.05, 0) is 76.2 Å². The van der Waals surface area contributed by atoms with Crippen LogP contribution in [0.25, 0.3) is 0 Å². The van der Waals surface area contributed by atoms with E-state index in [4.69, 9.17) is 6.42 Å². The molecule has 1 aromatic carbocycles. The molecule has 61 valence electrons. The summed E-state index contributed by atoms with van der Waals surface area (Å²) in [6.07, 6.45) is 7.01. The van der Waals surface area contributed by atoms with Crippen LogP contribution < -0.4 is 0 Å². The molecule has 0 heterocycles. The van der Waals surface area contributed by atoms with Gasteiger partial charge in [-0.25, -0.2) is 0 Å². The van der Waals surface area contributed by atoms with E-state index in [1.54, 1.807) is 0 Å². The largest absolute Gasteiger partial charge is 0.0516 e. The Morgan fingerprint density at radius 2 is 1.58 bits per heavy atom. The fraction of sp³-hybridized carbons (Fsp3) is 0. The number of benzene rings is 1. The average molecular weight is 417 g/mol. The van der Waals surface area contributed by atoms with Crippen LogP contribution in [0.2, 0.25) is 0 Å². The number of rotatable bonds is 0. The fourth-order valence-corrected chi connectivity index (χ4v) is 2.77. The van der Waals surface area contributed by atoms with Gasteiger partial charge < -0.3 is 0 Å². The van der Waals surface area contributed by atoms with Gasteiger partial charge in [0.2, 0.25) is 0 Å². The van der Waals surface area contributed by atoms with Crippen LogP contribution in [0.1, 0.15) is 5.56 Å². The van der Waals surface area contributed by atoms with Crippen LogP contribution in [0.5, 0.6) is 0 Å². The topological polar surface area (TPSA) is 0 Å². The molecular formula is C8HBr4. The lowest BCUT2D eigenvalue weighted by atomic mass is 10.2. The van der Waals surface area contributed by atoms with E-state index in [9.17, 15) is 0 Å². The first-order valence-corrected chi connectivity index (χ1v) is 6.01. The van der Waals surface area contributed by atoms with E-state index in [1.807, 2.05) is 6.07 Å². The van der Waals surface area contributed by atoms with Gasteiger partial charge in [0.1, 0.15) is 0 Å². The standard InChI is InChI=1S/C8HBr4/c1-2-4-3-5(9)7(11)8(12)6(4)10/h3H. The molecule has 0 amide bonds. The van der Waals surface area contributed by atoms with Gasteiger partial charge in [-0.2, -0.15) is 0 Å². The third kappa shape index (κ3) is 1.95. The zero-order valence-electron chi connectivity index (χ0n) is 5.59. The van der Waals surface area contributed by atoms with Gasteiger partial charge in [-0.15, -0.1) is 0 Å². The number of halogens is 4. The normalized spacial score (nSPS) is 9.58. The van der Waals surface area contributed by atoms with Crippen LogP contribution >= 0.6 is 63.7 Å². The summed E-state index contributed by atoms with van der Waals surface area (Å²) < 4.78 is 3.53. The maximum absolute atomic E-state index is 7.01. The van der Waals surface area contributed by atoms with Crippen LogP contribution in [-0.2, 0) is 0 Å². The zero-order valence-corrected chi connectivity index (χ0v) is 11.9. The van der Waals surface area contributed by atoms with Gasteiger partial charge in [0.25, 0.3) is 0 Å². The van der Waals surface area contributed by atoms with E-state index >= 15 is 0 Å². The quantitative estimate of drug-likeness (QED) is 0.327. The molecule has 0 saturated heterocycles. The molecule has 0 aromatic heterocycles. The third-order valence-electron chi connectivity index (χ3n) is 1.24. The van der Waals surface area contributed by atoms with E-state index in [1.165, 1.54) is 0 Å². The molecule has 0 nitrogen and oxygen atoms in total. The summed E-state index contributed by atoms with van der Waals surface area (Å²) in [5.41, 5.74) is 0.706. The summed E-state index contributed by atoms with van der Waals surface area (Å²) in [4.78, 5) is 0. The highest BCUT2D eigenvalue weighted by molar-refractivity contribution is 9.15. The van der Waals surface area contributed by atoms with Gasteiger partial charge in [0.15, 0.2) is 0 Å². The van der Waals surface area contributed by atoms with E-state index in [0.29, 0.717) is 5.56 Å². The van der Waals surface area contributed by atoms with Crippen LogP contribution in [0.4, 0.5) is 0 Å². The maximum Gasteiger partial charge on any atom is 0.0486 e. The Kier molecular flexibility index (Phi) is 3.84. The minimum atomic E-state index is 0.706. The van der Waals surface area contributed by atoms with Gasteiger partial charge in [0, 0.05) is 23.5 Å². The highest BCUT2D eigenvalue weighted by atomic mass is 79.9. The lowest BCUT2D eigenvalue weighted by Gasteiger charge is -2.04. The second-order valence-corrected chi connectivity index (χ2v) is 5.21. The van der Waals surface area contributed by atoms with Crippen molar-refractivity contribution in [3.63, 3.8) is 0 Å². The second-order valence-electron chi connectivity index (χ2n) is 1.97. The third-order valence-corrected chi connectivity index (χ3v) is 5.90. The smallest absolute Gasteiger partial charge is 0.0486 e. The van der Waals surface area contributed by atoms with E-state index in [2.05, 4.69) is 69.6 Å². The molecule has 0 N–H and O–H groups in total. The van der Waals surface area contributed by atoms with Gasteiger partial charge in [0.05, 0.1) is 0 Å². The van der Waals surface area contributed by atoms with Crippen LogP contribution in [0.15, 0.2) is 24.0 Å². The summed E-state index contributed by atoms with van der Waals surface area (Å²) in [5, 5.41) is 0. The molecule has 0 aliphatic heterocycles. The lowest BCUT2D eigenvalue weighted by Crippen LogP contribution is -1.82. The van der Waals surface area contributed by atoms with Gasteiger partial charge in [-0.3, -0.25) is 0 Å². The molecule has 0 aliphatic carbocycles. The number of hydrogen-bond acceptors (Lipinski definition) is 0. The van der Waals surface area contributed by atoms with Crippen molar-refractivity contribution in [2.45, 2.75) is 0 Å². The van der Waals surface area contributed by atoms with E-state index in [-0.39, 0.29) is 0 Å². The predicted octanol–water partition coefficient (Wildman–Crippen LogP) is 4.67. The molecule has 12 heavy (non-hydrogen) atoms. The minimum absolute atomic E-state index is 0.706. The van der Waals surface area contributed by atoms with E-state index < -0.39 is 0 Å². The molecule has 0 fully saturated rings. The summed E-state index contributed by atoms with van der Waals surface area (Å²) in [6, 6.07) is 1.81. The molecule has 1 radical (unpaired) electrons. The first-order valence-electron chi connectivity index (χ1n) is 2.83. The molecule has 1 aromatic rings. The van der Waals surface area contributed by atoms with Crippen molar-refractivity contribution >= 4 is 63.7 Å². The Hall–Kier alpha value is 0.700. The Morgan fingerprint density at radius 1 is 1.00 bits per heavy atom. The van der Waals surface area contributed by atoms with Crippen molar-refractivity contribution in [2.24, 2.45) is 0 Å². The molecule has 1 rings (SSSR count). The zero-order chi connectivity index (χ0) is 9.30. The van der Waals surface area contributed by atoms with Crippen molar-refractivity contribution in [3.8, 4) is 5.92 Å². The summed E-state index contributed by atoms with van der Waals surface area (Å²) >= 11 is 13.5. The SMILES string of the molecule is [C]#Cc1cc(Br)c(Br)c(Br)c1Br. The van der Waals surface area contributed by atoms with Crippen molar-refractivity contribution in [3.05, 3.63) is 35.9 Å². The van der Waals surface area contributed by atoms with Crippen molar-refractivity contribution in [1.29, 1.82) is 0 Å². The monoisotopic (exact) mass is 413 g/mol. The Morgan fingerprint density at radius 3 is 2.08 bits per heavy atom. The van der Waals surface area contributed by atoms with Crippen molar-refractivity contribution < 1.29 is 0 Å². The lowest BCUT2D eigenvalue weighted by molar-refractivity contribution is 1.46. The fourth-order valence-electron chi connectivity index (χ4n) is 0.664. The molecule has 0 saturated carbocycles. The molecule has 0 aliphatic rings. The van der Waals surface area contributed by atoms with E-state index in [0.717, 1.165) is 17.9 Å². The highest BCUT2D eigenvalue weighted by Crippen LogP contribution is 2.38. The summed E-state index contributed by atoms with van der Waals surface area (Å²) in [7, 11) is 0. The second kappa shape index (κ2) is 4.28. The maximum atomic E-state index is 7.01. The molecular weight excluding hydrogens is 416 g/mol. The highest BCUT2D eigenvalue weighted by Gasteiger charge is 2.09. The van der Waals surface area contributed by atoms with Crippen molar-refractivity contribution in [1.82, 2.24) is 0 Å². The van der Waals surface area contributed by atoms with Gasteiger partial charge >= 0.3 is 0 Å². The summed E-state index contributed by atoms with van der Waals surface area (Å²) in [6.45, 7) is 0. The molecule has 0 spiro atoms. The first kappa shape index (κ1) is 10.8. The predicted molar refractivity (Wildman–Crippen MR) is 63.5 cm³/mol. The van der Waals surface area contributed by atoms with Crippen LogP contribution in [0, 0.1) is 12.3 Å². The number of hydrogen-bond donors (Lipinski definition) is 0. The average Bonchev–Trinajstić information content (AvgIpc) is 2.08. The molecule has 0 unspecified atom stereocenters. The molecule has 4 heteroatoms. The van der Waals surface area contributed by atoms with Crippen LogP contribution in [0.3, 0.4) is 0 Å². The van der Waals surface area contributed by atoms with Crippen molar-refractivity contribution in [2.75, 3.05) is 0 Å². The van der Waals surface area contributed by atoms with Crippen LogP contribution in [-0.4, -0.2) is 0 Å². The molecule has 0 atom stereocenters. The molecule has 0 bridgehead atoms. The first-order chi connectivity index (χ1) is 5.57.